The Morgan fingerprint density at radius 2 is 1.40 bits per heavy atom. The summed E-state index contributed by atoms with van der Waals surface area (Å²) in [5.74, 6) is 2.03. The molecule has 0 unspecified atom stereocenters. The molecule has 2 aromatic heterocycles. The van der Waals surface area contributed by atoms with Crippen LogP contribution >= 0.6 is 0 Å². The fraction of sp³-hybridized carbons (Fsp3) is 0.185. The Morgan fingerprint density at radius 3 is 2.13 bits per heavy atom. The summed E-state index contributed by atoms with van der Waals surface area (Å²) in [7, 11) is 0. The van der Waals surface area contributed by atoms with Crippen molar-refractivity contribution in [1.82, 2.24) is 0 Å². The molecule has 3 aromatic carbocycles. The van der Waals surface area contributed by atoms with E-state index in [9.17, 15) is 0 Å². The Balaban J connectivity index is 0.000000109. The number of aryl methyl sites for hydroxylation is 1. The zero-order valence-electron chi connectivity index (χ0n) is 17.6. The van der Waals surface area contributed by atoms with Gasteiger partial charge >= 0.3 is 0 Å². The monoisotopic (exact) mass is 398 g/mol. The van der Waals surface area contributed by atoms with Crippen molar-refractivity contribution < 1.29 is 13.6 Å². The lowest BCUT2D eigenvalue weighted by atomic mass is 10.0. The number of hydrogen-bond donors (Lipinski definition) is 0. The van der Waals surface area contributed by atoms with Crippen molar-refractivity contribution in [2.24, 2.45) is 0 Å². The molecule has 3 heterocycles. The van der Waals surface area contributed by atoms with Crippen molar-refractivity contribution >= 4 is 21.9 Å². The molecular formula is C27H26O3. The predicted molar refractivity (Wildman–Crippen MR) is 122 cm³/mol. The van der Waals surface area contributed by atoms with E-state index in [0.29, 0.717) is 0 Å². The summed E-state index contributed by atoms with van der Waals surface area (Å²) in [6.07, 6.45) is 2.73. The molecule has 0 saturated heterocycles. The number of benzene rings is 3. The van der Waals surface area contributed by atoms with Crippen LogP contribution in [-0.2, 0) is 6.42 Å². The molecule has 152 valence electrons. The van der Waals surface area contributed by atoms with Crippen molar-refractivity contribution in [1.29, 1.82) is 0 Å². The SMILES string of the molecule is CC1(C)Cc2ccccc2O1.Cc1cc2ccccc2o1.c1ccc2occc2c1. The first kappa shape index (κ1) is 19.8. The lowest BCUT2D eigenvalue weighted by Crippen LogP contribution is -2.24. The van der Waals surface area contributed by atoms with Crippen molar-refractivity contribution in [3.05, 3.63) is 103 Å². The molecule has 1 aliphatic rings. The minimum absolute atomic E-state index is 0.00366. The van der Waals surface area contributed by atoms with Gasteiger partial charge in [-0.25, -0.2) is 0 Å². The summed E-state index contributed by atoms with van der Waals surface area (Å²) >= 11 is 0. The Hall–Kier alpha value is -3.46. The van der Waals surface area contributed by atoms with Gasteiger partial charge in [0, 0.05) is 17.2 Å². The average molecular weight is 399 g/mol. The van der Waals surface area contributed by atoms with Gasteiger partial charge in [-0.3, -0.25) is 0 Å². The van der Waals surface area contributed by atoms with Gasteiger partial charge in [-0.2, -0.15) is 0 Å². The third-order valence-electron chi connectivity index (χ3n) is 4.89. The number of ether oxygens (including phenoxy) is 1. The van der Waals surface area contributed by atoms with Gasteiger partial charge in [-0.05, 0) is 56.7 Å². The molecule has 0 fully saturated rings. The summed E-state index contributed by atoms with van der Waals surface area (Å²) in [5.41, 5.74) is 3.26. The molecule has 0 bridgehead atoms. The number of para-hydroxylation sites is 3. The van der Waals surface area contributed by atoms with Crippen LogP contribution in [0.3, 0.4) is 0 Å². The fourth-order valence-electron chi connectivity index (χ4n) is 3.56. The largest absolute Gasteiger partial charge is 0.487 e. The average Bonchev–Trinajstić information content (AvgIpc) is 3.42. The number of furan rings is 2. The van der Waals surface area contributed by atoms with E-state index in [0.717, 1.165) is 34.5 Å². The van der Waals surface area contributed by atoms with E-state index < -0.39 is 0 Å². The van der Waals surface area contributed by atoms with Crippen LogP contribution < -0.4 is 4.74 Å². The van der Waals surface area contributed by atoms with Crippen LogP contribution in [0.2, 0.25) is 0 Å². The van der Waals surface area contributed by atoms with Crippen molar-refractivity contribution in [3.8, 4) is 5.75 Å². The molecule has 0 radical (unpaired) electrons. The molecule has 1 aliphatic heterocycles. The van der Waals surface area contributed by atoms with Crippen LogP contribution in [0.25, 0.3) is 21.9 Å². The first-order valence-corrected chi connectivity index (χ1v) is 10.1. The zero-order chi connectivity index (χ0) is 21.0. The second kappa shape index (κ2) is 8.50. The minimum atomic E-state index is 0.00366. The highest BCUT2D eigenvalue weighted by molar-refractivity contribution is 5.77. The van der Waals surface area contributed by atoms with Crippen molar-refractivity contribution in [2.75, 3.05) is 0 Å². The van der Waals surface area contributed by atoms with Crippen LogP contribution in [0.5, 0.6) is 5.75 Å². The smallest absolute Gasteiger partial charge is 0.134 e. The highest BCUT2D eigenvalue weighted by Crippen LogP contribution is 2.33. The number of rotatable bonds is 0. The molecule has 30 heavy (non-hydrogen) atoms. The molecule has 0 amide bonds. The van der Waals surface area contributed by atoms with E-state index in [-0.39, 0.29) is 5.60 Å². The van der Waals surface area contributed by atoms with E-state index in [1.807, 2.05) is 79.7 Å². The first-order valence-electron chi connectivity index (χ1n) is 10.1. The van der Waals surface area contributed by atoms with Gasteiger partial charge in [0.05, 0.1) is 6.26 Å². The molecular weight excluding hydrogens is 372 g/mol. The lowest BCUT2D eigenvalue weighted by molar-refractivity contribution is 0.138. The standard InChI is InChI=1S/C10H12O.C9H8O.C8H6O/c1-10(2)7-8-5-3-4-6-9(8)11-10;1-7-6-8-4-2-3-5-9(8)10-7;1-2-4-8-7(3-1)5-6-9-8/h3-6H,7H2,1-2H3;2-6H,1H3;1-6H. The van der Waals surface area contributed by atoms with Crippen molar-refractivity contribution in [3.63, 3.8) is 0 Å². The summed E-state index contributed by atoms with van der Waals surface area (Å²) < 4.78 is 16.2. The number of fused-ring (bicyclic) bond motifs is 3. The molecule has 5 aromatic rings. The van der Waals surface area contributed by atoms with Gasteiger partial charge in [0.2, 0.25) is 0 Å². The van der Waals surface area contributed by atoms with Gasteiger partial charge in [0.25, 0.3) is 0 Å². The minimum Gasteiger partial charge on any atom is -0.487 e. The van der Waals surface area contributed by atoms with Crippen molar-refractivity contribution in [2.45, 2.75) is 32.8 Å². The molecule has 0 spiro atoms. The van der Waals surface area contributed by atoms with Gasteiger partial charge in [0.1, 0.15) is 28.3 Å². The summed E-state index contributed by atoms with van der Waals surface area (Å²) in [6, 6.07) is 28.2. The quantitative estimate of drug-likeness (QED) is 0.270. The predicted octanol–water partition coefficient (Wildman–Crippen LogP) is 7.57. The molecule has 3 heteroatoms. The first-order chi connectivity index (χ1) is 14.5. The maximum absolute atomic E-state index is 5.69. The second-order valence-corrected chi connectivity index (χ2v) is 8.00. The molecule has 3 nitrogen and oxygen atoms in total. The van der Waals surface area contributed by atoms with Gasteiger partial charge in [-0.1, -0.05) is 54.6 Å². The molecule has 6 rings (SSSR count). The Bertz CT molecular complexity index is 1150. The van der Waals surface area contributed by atoms with Crippen LogP contribution in [0, 0.1) is 6.92 Å². The molecule has 0 aliphatic carbocycles. The molecule has 0 N–H and O–H groups in total. The van der Waals surface area contributed by atoms with E-state index in [2.05, 4.69) is 26.0 Å². The maximum Gasteiger partial charge on any atom is 0.134 e. The fourth-order valence-corrected chi connectivity index (χ4v) is 3.56. The number of hydrogen-bond acceptors (Lipinski definition) is 3. The zero-order valence-corrected chi connectivity index (χ0v) is 17.6. The Morgan fingerprint density at radius 1 is 0.733 bits per heavy atom. The van der Waals surface area contributed by atoms with Gasteiger partial charge < -0.3 is 13.6 Å². The normalized spacial score (nSPS) is 13.6. The third kappa shape index (κ3) is 4.74. The summed E-state index contributed by atoms with van der Waals surface area (Å²) in [4.78, 5) is 0. The summed E-state index contributed by atoms with van der Waals surface area (Å²) in [6.45, 7) is 6.19. The van der Waals surface area contributed by atoms with Crippen LogP contribution in [0.15, 0.2) is 100 Å². The topological polar surface area (TPSA) is 35.5 Å². The second-order valence-electron chi connectivity index (χ2n) is 8.00. The molecule has 0 saturated carbocycles. The van der Waals surface area contributed by atoms with E-state index >= 15 is 0 Å². The Labute approximate surface area is 176 Å². The van der Waals surface area contributed by atoms with Crippen LogP contribution in [0.1, 0.15) is 25.2 Å². The van der Waals surface area contributed by atoms with E-state index in [1.54, 1.807) is 6.26 Å². The highest BCUT2D eigenvalue weighted by atomic mass is 16.5. The van der Waals surface area contributed by atoms with Crippen LogP contribution in [0.4, 0.5) is 0 Å². The van der Waals surface area contributed by atoms with Gasteiger partial charge in [0.15, 0.2) is 0 Å². The third-order valence-corrected chi connectivity index (χ3v) is 4.89. The summed E-state index contributed by atoms with van der Waals surface area (Å²) in [5, 5.41) is 2.34. The van der Waals surface area contributed by atoms with E-state index in [1.165, 1.54) is 10.9 Å². The van der Waals surface area contributed by atoms with E-state index in [4.69, 9.17) is 13.6 Å². The Kier molecular flexibility index (Phi) is 5.62. The molecule has 0 atom stereocenters. The lowest BCUT2D eigenvalue weighted by Gasteiger charge is -2.16. The highest BCUT2D eigenvalue weighted by Gasteiger charge is 2.28. The van der Waals surface area contributed by atoms with Gasteiger partial charge in [-0.15, -0.1) is 0 Å². The van der Waals surface area contributed by atoms with Crippen LogP contribution in [-0.4, -0.2) is 5.60 Å². The maximum atomic E-state index is 5.69.